The molecule has 2 aromatic rings. The topological polar surface area (TPSA) is 86.1 Å². The van der Waals surface area contributed by atoms with Crippen molar-refractivity contribution in [2.45, 2.75) is 31.8 Å². The summed E-state index contributed by atoms with van der Waals surface area (Å²) in [5.41, 5.74) is 2.45. The monoisotopic (exact) mass is 328 g/mol. The largest absolute Gasteiger partial charge is 0.383 e. The van der Waals surface area contributed by atoms with Crippen LogP contribution in [0.2, 0.25) is 0 Å². The molecule has 2 aromatic heterocycles. The molecule has 24 heavy (non-hydrogen) atoms. The van der Waals surface area contributed by atoms with Crippen LogP contribution in [0.4, 0.5) is 0 Å². The van der Waals surface area contributed by atoms with Crippen molar-refractivity contribution in [2.75, 3.05) is 13.7 Å². The first-order valence-electron chi connectivity index (χ1n) is 7.96. The summed E-state index contributed by atoms with van der Waals surface area (Å²) >= 11 is 0. The van der Waals surface area contributed by atoms with E-state index in [1.807, 2.05) is 6.07 Å². The van der Waals surface area contributed by atoms with Crippen LogP contribution in [-0.2, 0) is 24.1 Å². The number of methoxy groups -OCH3 is 1. The van der Waals surface area contributed by atoms with E-state index in [0.29, 0.717) is 25.3 Å². The standard InChI is InChI=1S/C17H20N4O3/c1-24-9-8-21-15-4-3-13(10-12(15)2-5-16(21)22)20-17(23)14-11-18-6-7-19-14/h2,5-7,11,13H,3-4,8-10H2,1H3,(H,20,23). The molecule has 0 saturated carbocycles. The Labute approximate surface area is 139 Å². The van der Waals surface area contributed by atoms with Gasteiger partial charge in [0, 0.05) is 43.9 Å². The number of rotatable bonds is 5. The van der Waals surface area contributed by atoms with Gasteiger partial charge in [-0.15, -0.1) is 0 Å². The van der Waals surface area contributed by atoms with E-state index in [1.54, 1.807) is 17.7 Å². The highest BCUT2D eigenvalue weighted by Gasteiger charge is 2.23. The molecule has 0 bridgehead atoms. The third kappa shape index (κ3) is 3.51. The molecule has 1 unspecified atom stereocenters. The third-order valence-corrected chi connectivity index (χ3v) is 4.24. The number of hydrogen-bond donors (Lipinski definition) is 1. The SMILES string of the molecule is COCCn1c2c(ccc1=O)CC(NC(=O)c1cnccn1)CC2. The average molecular weight is 328 g/mol. The second-order valence-electron chi connectivity index (χ2n) is 5.79. The van der Waals surface area contributed by atoms with Gasteiger partial charge in [0.25, 0.3) is 11.5 Å². The van der Waals surface area contributed by atoms with Gasteiger partial charge < -0.3 is 14.6 Å². The zero-order chi connectivity index (χ0) is 16.9. The molecule has 3 rings (SSSR count). The van der Waals surface area contributed by atoms with Crippen LogP contribution in [0.15, 0.2) is 35.5 Å². The van der Waals surface area contributed by atoms with Crippen LogP contribution in [0.5, 0.6) is 0 Å². The summed E-state index contributed by atoms with van der Waals surface area (Å²) in [6.45, 7) is 1.05. The molecule has 7 nitrogen and oxygen atoms in total. The molecule has 1 amide bonds. The first kappa shape index (κ1) is 16.3. The summed E-state index contributed by atoms with van der Waals surface area (Å²) in [5, 5.41) is 3.00. The van der Waals surface area contributed by atoms with E-state index in [0.717, 1.165) is 24.1 Å². The van der Waals surface area contributed by atoms with Gasteiger partial charge in [-0.2, -0.15) is 0 Å². The minimum atomic E-state index is -0.218. The van der Waals surface area contributed by atoms with E-state index in [9.17, 15) is 9.59 Å². The molecule has 1 atom stereocenters. The van der Waals surface area contributed by atoms with Crippen molar-refractivity contribution in [3.8, 4) is 0 Å². The van der Waals surface area contributed by atoms with Gasteiger partial charge in [-0.1, -0.05) is 6.07 Å². The fraction of sp³-hybridized carbons (Fsp3) is 0.412. The molecule has 1 aliphatic rings. The van der Waals surface area contributed by atoms with Gasteiger partial charge in [0.05, 0.1) is 12.8 Å². The number of amides is 1. The van der Waals surface area contributed by atoms with E-state index in [2.05, 4.69) is 15.3 Å². The lowest BCUT2D eigenvalue weighted by atomic mass is 9.91. The van der Waals surface area contributed by atoms with Gasteiger partial charge >= 0.3 is 0 Å². The van der Waals surface area contributed by atoms with Gasteiger partial charge in [0.2, 0.25) is 0 Å². The third-order valence-electron chi connectivity index (χ3n) is 4.24. The molecule has 0 spiro atoms. The van der Waals surface area contributed by atoms with E-state index < -0.39 is 0 Å². The second-order valence-corrected chi connectivity index (χ2v) is 5.79. The number of nitrogens with one attached hydrogen (secondary N) is 1. The van der Waals surface area contributed by atoms with Crippen LogP contribution >= 0.6 is 0 Å². The Hall–Kier alpha value is -2.54. The smallest absolute Gasteiger partial charge is 0.271 e. The van der Waals surface area contributed by atoms with Crippen molar-refractivity contribution >= 4 is 5.91 Å². The molecular weight excluding hydrogens is 308 g/mol. The summed E-state index contributed by atoms with van der Waals surface area (Å²) in [6.07, 6.45) is 6.73. The van der Waals surface area contributed by atoms with E-state index >= 15 is 0 Å². The molecule has 0 radical (unpaired) electrons. The highest BCUT2D eigenvalue weighted by Crippen LogP contribution is 2.20. The maximum atomic E-state index is 12.2. The maximum Gasteiger partial charge on any atom is 0.271 e. The minimum absolute atomic E-state index is 0.00662. The first-order valence-corrected chi connectivity index (χ1v) is 7.96. The van der Waals surface area contributed by atoms with Crippen LogP contribution in [0.1, 0.15) is 28.2 Å². The van der Waals surface area contributed by atoms with Crippen molar-refractivity contribution < 1.29 is 9.53 Å². The van der Waals surface area contributed by atoms with Crippen molar-refractivity contribution in [1.82, 2.24) is 19.9 Å². The fourth-order valence-electron chi connectivity index (χ4n) is 3.05. The van der Waals surface area contributed by atoms with Crippen LogP contribution in [0.25, 0.3) is 0 Å². The van der Waals surface area contributed by atoms with E-state index in [4.69, 9.17) is 4.74 Å². The predicted molar refractivity (Wildman–Crippen MR) is 87.9 cm³/mol. The lowest BCUT2D eigenvalue weighted by molar-refractivity contribution is 0.0927. The molecule has 0 saturated heterocycles. The Morgan fingerprint density at radius 1 is 1.42 bits per heavy atom. The fourth-order valence-corrected chi connectivity index (χ4v) is 3.05. The number of pyridine rings is 1. The summed E-state index contributed by atoms with van der Waals surface area (Å²) < 4.78 is 6.86. The zero-order valence-corrected chi connectivity index (χ0v) is 13.6. The van der Waals surface area contributed by atoms with Gasteiger partial charge in [-0.3, -0.25) is 14.6 Å². The van der Waals surface area contributed by atoms with Gasteiger partial charge in [-0.05, 0) is 24.8 Å². The van der Waals surface area contributed by atoms with E-state index in [-0.39, 0.29) is 17.5 Å². The summed E-state index contributed by atoms with van der Waals surface area (Å²) in [7, 11) is 1.62. The van der Waals surface area contributed by atoms with Crippen LogP contribution in [0.3, 0.4) is 0 Å². The van der Waals surface area contributed by atoms with Gasteiger partial charge in [0.1, 0.15) is 5.69 Å². The number of nitrogens with zero attached hydrogens (tertiary/aromatic N) is 3. The summed E-state index contributed by atoms with van der Waals surface area (Å²) in [6, 6.07) is 3.48. The first-order chi connectivity index (χ1) is 11.7. The molecule has 0 aromatic carbocycles. The molecule has 2 heterocycles. The van der Waals surface area contributed by atoms with Crippen LogP contribution < -0.4 is 10.9 Å². The van der Waals surface area contributed by atoms with Crippen molar-refractivity contribution in [3.63, 3.8) is 0 Å². The zero-order valence-electron chi connectivity index (χ0n) is 13.6. The molecule has 1 N–H and O–H groups in total. The molecule has 0 fully saturated rings. The quantitative estimate of drug-likeness (QED) is 0.867. The minimum Gasteiger partial charge on any atom is -0.383 e. The molecule has 1 aliphatic carbocycles. The lowest BCUT2D eigenvalue weighted by Gasteiger charge is -2.27. The summed E-state index contributed by atoms with van der Waals surface area (Å²) in [4.78, 5) is 32.2. The number of carbonyl (C=O) groups excluding carboxylic acids is 1. The maximum absolute atomic E-state index is 12.2. The Balaban J connectivity index is 1.73. The normalized spacial score (nSPS) is 16.5. The van der Waals surface area contributed by atoms with Crippen molar-refractivity contribution in [2.24, 2.45) is 0 Å². The number of aromatic nitrogens is 3. The number of ether oxygens (including phenoxy) is 1. The van der Waals surface area contributed by atoms with Crippen LogP contribution in [-0.4, -0.2) is 40.2 Å². The molecule has 126 valence electrons. The number of carbonyl (C=O) groups is 1. The average Bonchev–Trinajstić information content (AvgIpc) is 2.61. The highest BCUT2D eigenvalue weighted by molar-refractivity contribution is 5.92. The van der Waals surface area contributed by atoms with Gasteiger partial charge in [-0.25, -0.2) is 4.98 Å². The van der Waals surface area contributed by atoms with Gasteiger partial charge in [0.15, 0.2) is 0 Å². The lowest BCUT2D eigenvalue weighted by Crippen LogP contribution is -2.41. The van der Waals surface area contributed by atoms with Crippen molar-refractivity contribution in [1.29, 1.82) is 0 Å². The Bertz CT molecular complexity index is 773. The Kier molecular flexibility index (Phi) is 5.00. The van der Waals surface area contributed by atoms with E-state index in [1.165, 1.54) is 18.6 Å². The number of fused-ring (bicyclic) bond motifs is 1. The summed E-state index contributed by atoms with van der Waals surface area (Å²) in [5.74, 6) is -0.218. The Morgan fingerprint density at radius 3 is 3.04 bits per heavy atom. The Morgan fingerprint density at radius 2 is 2.29 bits per heavy atom. The predicted octanol–water partition coefficient (Wildman–Crippen LogP) is 0.572. The second kappa shape index (κ2) is 7.35. The van der Waals surface area contributed by atoms with Crippen molar-refractivity contribution in [3.05, 3.63) is 58.0 Å². The molecular formula is C17H20N4O3. The molecule has 7 heteroatoms. The highest BCUT2D eigenvalue weighted by atomic mass is 16.5. The van der Waals surface area contributed by atoms with Crippen LogP contribution in [0, 0.1) is 0 Å². The molecule has 0 aliphatic heterocycles. The number of hydrogen-bond acceptors (Lipinski definition) is 5.